The van der Waals surface area contributed by atoms with Gasteiger partial charge >= 0.3 is 5.97 Å². The maximum atomic E-state index is 14.9. The van der Waals surface area contributed by atoms with Crippen LogP contribution in [0.1, 0.15) is 35.7 Å². The molecule has 1 unspecified atom stereocenters. The molecule has 0 spiro atoms. The molecule has 1 saturated heterocycles. The number of anilines is 1. The highest BCUT2D eigenvalue weighted by Gasteiger charge is 2.46. The van der Waals surface area contributed by atoms with Gasteiger partial charge in [0.05, 0.1) is 11.2 Å². The van der Waals surface area contributed by atoms with Crippen molar-refractivity contribution < 1.29 is 14.3 Å². The Morgan fingerprint density at radius 1 is 1.27 bits per heavy atom. The molecule has 2 saturated carbocycles. The number of carboxylic acid groups (broad SMARTS) is 1. The molecule has 1 aliphatic heterocycles. The van der Waals surface area contributed by atoms with E-state index >= 15 is 0 Å². The van der Waals surface area contributed by atoms with Crippen molar-refractivity contribution in [3.63, 3.8) is 0 Å². The topological polar surface area (TPSA) is 88.6 Å². The van der Waals surface area contributed by atoms with Crippen LogP contribution in [0.4, 0.5) is 10.1 Å². The Bertz CT molecular complexity index is 998. The van der Waals surface area contributed by atoms with Crippen molar-refractivity contribution in [2.45, 2.75) is 31.3 Å². The first-order valence-corrected chi connectivity index (χ1v) is 9.06. The molecule has 5 rings (SSSR count). The second-order valence-electron chi connectivity index (χ2n) is 7.86. The molecule has 0 radical (unpaired) electrons. The molecule has 3 atom stereocenters. The minimum atomic E-state index is -1.28. The van der Waals surface area contributed by atoms with Gasteiger partial charge in [0.25, 0.3) is 0 Å². The van der Waals surface area contributed by atoms with Crippen LogP contribution in [-0.2, 0) is 0 Å². The van der Waals surface area contributed by atoms with E-state index in [1.54, 1.807) is 6.07 Å². The minimum absolute atomic E-state index is 0.0452. The van der Waals surface area contributed by atoms with Gasteiger partial charge in [0.1, 0.15) is 11.4 Å². The summed E-state index contributed by atoms with van der Waals surface area (Å²) in [5.74, 6) is -0.699. The zero-order chi connectivity index (χ0) is 18.2. The quantitative estimate of drug-likeness (QED) is 0.877. The standard InChI is InChI=1S/C19H20FN3O3/c20-14-4-12-16(5-17(14)22-6-9-3-11(9)15(21)8-22)23(10-1-2-10)7-13(18(12)24)19(25)26/h4-5,7,9-11,15H,1-3,6,8,21H2,(H,25,26)/t9-,11?,15-/m1/s1. The molecule has 7 heteroatoms. The lowest BCUT2D eigenvalue weighted by Gasteiger charge is -2.32. The van der Waals surface area contributed by atoms with Crippen molar-refractivity contribution in [2.75, 3.05) is 18.0 Å². The fraction of sp³-hybridized carbons (Fsp3) is 0.474. The minimum Gasteiger partial charge on any atom is -0.477 e. The Labute approximate surface area is 149 Å². The van der Waals surface area contributed by atoms with E-state index in [2.05, 4.69) is 0 Å². The maximum absolute atomic E-state index is 14.9. The summed E-state index contributed by atoms with van der Waals surface area (Å²) < 4.78 is 16.7. The molecule has 3 aliphatic rings. The van der Waals surface area contributed by atoms with Gasteiger partial charge in [-0.1, -0.05) is 0 Å². The van der Waals surface area contributed by atoms with Crippen LogP contribution < -0.4 is 16.1 Å². The summed E-state index contributed by atoms with van der Waals surface area (Å²) in [6, 6.07) is 3.11. The number of rotatable bonds is 3. The van der Waals surface area contributed by atoms with Crippen molar-refractivity contribution in [2.24, 2.45) is 17.6 Å². The molecular weight excluding hydrogens is 337 g/mol. The fourth-order valence-corrected chi connectivity index (χ4v) is 4.36. The summed E-state index contributed by atoms with van der Waals surface area (Å²) in [6.45, 7) is 1.38. The van der Waals surface area contributed by atoms with Crippen LogP contribution in [0, 0.1) is 17.7 Å². The molecule has 136 valence electrons. The number of carbonyl (C=O) groups is 1. The molecule has 0 amide bonds. The lowest BCUT2D eigenvalue weighted by molar-refractivity contribution is 0.0695. The van der Waals surface area contributed by atoms with Crippen LogP contribution in [0.25, 0.3) is 10.9 Å². The van der Waals surface area contributed by atoms with Gasteiger partial charge in [-0.15, -0.1) is 0 Å². The van der Waals surface area contributed by atoms with E-state index in [1.165, 1.54) is 12.3 Å². The van der Waals surface area contributed by atoms with Crippen molar-refractivity contribution in [1.82, 2.24) is 4.57 Å². The number of halogens is 1. The van der Waals surface area contributed by atoms with Gasteiger partial charge in [-0.05, 0) is 43.2 Å². The van der Waals surface area contributed by atoms with E-state index in [0.717, 1.165) is 25.8 Å². The number of hydrogen-bond donors (Lipinski definition) is 2. The number of fused-ring (bicyclic) bond motifs is 2. The molecule has 3 fully saturated rings. The number of carboxylic acids is 1. The van der Waals surface area contributed by atoms with Crippen molar-refractivity contribution in [3.8, 4) is 0 Å². The second-order valence-corrected chi connectivity index (χ2v) is 7.86. The highest BCUT2D eigenvalue weighted by molar-refractivity contribution is 5.93. The lowest BCUT2D eigenvalue weighted by Crippen LogP contribution is -2.45. The van der Waals surface area contributed by atoms with E-state index < -0.39 is 17.2 Å². The molecule has 1 aromatic carbocycles. The third-order valence-electron chi connectivity index (χ3n) is 6.03. The van der Waals surface area contributed by atoms with Crippen LogP contribution in [0.5, 0.6) is 0 Å². The third-order valence-corrected chi connectivity index (χ3v) is 6.03. The van der Waals surface area contributed by atoms with Crippen LogP contribution in [0.2, 0.25) is 0 Å². The Morgan fingerprint density at radius 3 is 2.69 bits per heavy atom. The highest BCUT2D eigenvalue weighted by Crippen LogP contribution is 2.46. The van der Waals surface area contributed by atoms with Crippen LogP contribution in [0.15, 0.2) is 23.1 Å². The number of hydrogen-bond acceptors (Lipinski definition) is 4. The molecule has 2 aliphatic carbocycles. The molecule has 2 heterocycles. The first-order chi connectivity index (χ1) is 12.4. The van der Waals surface area contributed by atoms with Gasteiger partial charge in [0.15, 0.2) is 0 Å². The van der Waals surface area contributed by atoms with Gasteiger partial charge < -0.3 is 20.3 Å². The van der Waals surface area contributed by atoms with E-state index in [4.69, 9.17) is 5.73 Å². The van der Waals surface area contributed by atoms with Crippen LogP contribution >= 0.6 is 0 Å². The lowest BCUT2D eigenvalue weighted by atomic mass is 10.0. The Morgan fingerprint density at radius 2 is 2.04 bits per heavy atom. The normalized spacial score (nSPS) is 27.5. The van der Waals surface area contributed by atoms with Crippen molar-refractivity contribution in [1.29, 1.82) is 0 Å². The van der Waals surface area contributed by atoms with Crippen molar-refractivity contribution in [3.05, 3.63) is 39.9 Å². The summed E-state index contributed by atoms with van der Waals surface area (Å²) in [7, 11) is 0. The second kappa shape index (κ2) is 5.30. The summed E-state index contributed by atoms with van der Waals surface area (Å²) in [5, 5.41) is 9.44. The van der Waals surface area contributed by atoms with Gasteiger partial charge in [-0.3, -0.25) is 4.79 Å². The van der Waals surface area contributed by atoms with E-state index in [1.807, 2.05) is 9.47 Å². The monoisotopic (exact) mass is 357 g/mol. The maximum Gasteiger partial charge on any atom is 0.341 e. The summed E-state index contributed by atoms with van der Waals surface area (Å²) in [5.41, 5.74) is 6.31. The van der Waals surface area contributed by atoms with Crippen LogP contribution in [0.3, 0.4) is 0 Å². The van der Waals surface area contributed by atoms with Gasteiger partial charge in [0.2, 0.25) is 5.43 Å². The summed E-state index contributed by atoms with van der Waals surface area (Å²) in [4.78, 5) is 25.9. The Hall–Kier alpha value is -2.41. The van der Waals surface area contributed by atoms with Crippen molar-refractivity contribution >= 4 is 22.6 Å². The molecule has 2 aromatic rings. The number of aromatic nitrogens is 1. The van der Waals surface area contributed by atoms with E-state index in [0.29, 0.717) is 29.6 Å². The summed E-state index contributed by atoms with van der Waals surface area (Å²) >= 11 is 0. The molecule has 0 bridgehead atoms. The number of pyridine rings is 1. The highest BCUT2D eigenvalue weighted by atomic mass is 19.1. The number of piperidine rings is 1. The third kappa shape index (κ3) is 2.34. The first kappa shape index (κ1) is 15.8. The molecule has 1 aromatic heterocycles. The van der Waals surface area contributed by atoms with E-state index in [9.17, 15) is 19.1 Å². The number of aromatic carboxylic acids is 1. The molecule has 6 nitrogen and oxygen atoms in total. The number of nitrogens with zero attached hydrogens (tertiary/aromatic N) is 2. The number of benzene rings is 1. The van der Waals surface area contributed by atoms with Crippen LogP contribution in [-0.4, -0.2) is 34.8 Å². The summed E-state index contributed by atoms with van der Waals surface area (Å²) in [6.07, 6.45) is 4.37. The zero-order valence-electron chi connectivity index (χ0n) is 14.2. The smallest absolute Gasteiger partial charge is 0.341 e. The largest absolute Gasteiger partial charge is 0.477 e. The SMILES string of the molecule is N[C@@H]1CN(c2cc3c(cc2F)c(=O)c(C(=O)O)cn3C2CC2)C[C@H]2CC21. The number of nitrogens with two attached hydrogens (primary N) is 1. The average molecular weight is 357 g/mol. The molecular formula is C19H20FN3O3. The van der Waals surface area contributed by atoms with Gasteiger partial charge in [-0.2, -0.15) is 0 Å². The van der Waals surface area contributed by atoms with Gasteiger partial charge in [0, 0.05) is 36.8 Å². The predicted octanol–water partition coefficient (Wildman–Crippen LogP) is 1.96. The van der Waals surface area contributed by atoms with E-state index in [-0.39, 0.29) is 23.0 Å². The molecule has 3 N–H and O–H groups in total. The average Bonchev–Trinajstić information content (AvgIpc) is 3.48. The zero-order valence-corrected chi connectivity index (χ0v) is 14.2. The fourth-order valence-electron chi connectivity index (χ4n) is 4.36. The Kier molecular flexibility index (Phi) is 3.22. The predicted molar refractivity (Wildman–Crippen MR) is 95.2 cm³/mol. The first-order valence-electron chi connectivity index (χ1n) is 9.06. The van der Waals surface area contributed by atoms with Gasteiger partial charge in [-0.25, -0.2) is 9.18 Å². The Balaban J connectivity index is 1.68. The molecule has 26 heavy (non-hydrogen) atoms.